The predicted octanol–water partition coefficient (Wildman–Crippen LogP) is 3.46. The third-order valence-electron chi connectivity index (χ3n) is 6.35. The highest BCUT2D eigenvalue weighted by Gasteiger charge is 2.24. The molecule has 2 N–H and O–H groups in total. The van der Waals surface area contributed by atoms with Crippen molar-refractivity contribution >= 4 is 23.4 Å². The average molecular weight is 450 g/mol. The Labute approximate surface area is 194 Å². The first-order chi connectivity index (χ1) is 16.0. The number of nitrogens with one attached hydrogen (secondary N) is 2. The third-order valence-corrected chi connectivity index (χ3v) is 6.35. The first-order valence-corrected chi connectivity index (χ1v) is 11.7. The second kappa shape index (κ2) is 10.5. The minimum absolute atomic E-state index is 0.0421. The Balaban J connectivity index is 1.15. The fourth-order valence-corrected chi connectivity index (χ4v) is 4.39. The van der Waals surface area contributed by atoms with E-state index in [4.69, 9.17) is 4.74 Å². The largest absolute Gasteiger partial charge is 0.494 e. The standard InChI is InChI=1S/C26H31N3O4/c1-18-5-2-3-6-22(18)26(32)27-20-12-14-29(15-13-20)25(31)7-4-16-33-21-9-10-23-19(17-21)8-11-24(30)28-23/h2-3,5-6,9-10,17,20H,4,7-8,11-16H2,1H3,(H,27,32)(H,28,30). The van der Waals surface area contributed by atoms with Gasteiger partial charge in [-0.3, -0.25) is 14.4 Å². The van der Waals surface area contributed by atoms with Crippen molar-refractivity contribution in [2.75, 3.05) is 25.0 Å². The fourth-order valence-electron chi connectivity index (χ4n) is 4.39. The Morgan fingerprint density at radius 2 is 1.91 bits per heavy atom. The van der Waals surface area contributed by atoms with Gasteiger partial charge in [0.05, 0.1) is 6.61 Å². The van der Waals surface area contributed by atoms with Gasteiger partial charge < -0.3 is 20.3 Å². The van der Waals surface area contributed by atoms with Crippen LogP contribution in [-0.4, -0.2) is 48.4 Å². The number of amides is 3. The van der Waals surface area contributed by atoms with Crippen LogP contribution >= 0.6 is 0 Å². The van der Waals surface area contributed by atoms with Crippen LogP contribution in [0.2, 0.25) is 0 Å². The van der Waals surface area contributed by atoms with Crippen molar-refractivity contribution in [1.82, 2.24) is 10.2 Å². The minimum atomic E-state index is -0.0421. The number of ether oxygens (including phenoxy) is 1. The van der Waals surface area contributed by atoms with Crippen LogP contribution in [0.25, 0.3) is 0 Å². The summed E-state index contributed by atoms with van der Waals surface area (Å²) in [4.78, 5) is 38.4. The number of carbonyl (C=O) groups excluding carboxylic acids is 3. The summed E-state index contributed by atoms with van der Waals surface area (Å²) in [6, 6.07) is 13.4. The summed E-state index contributed by atoms with van der Waals surface area (Å²) in [5, 5.41) is 5.97. The molecule has 2 aromatic carbocycles. The molecule has 0 saturated carbocycles. The van der Waals surface area contributed by atoms with E-state index in [-0.39, 0.29) is 23.8 Å². The van der Waals surface area contributed by atoms with Crippen LogP contribution in [0.1, 0.15) is 53.6 Å². The zero-order chi connectivity index (χ0) is 23.2. The lowest BCUT2D eigenvalue weighted by atomic mass is 10.0. The highest BCUT2D eigenvalue weighted by molar-refractivity contribution is 5.96. The van der Waals surface area contributed by atoms with Crippen molar-refractivity contribution in [3.63, 3.8) is 0 Å². The molecule has 7 heteroatoms. The Kier molecular flexibility index (Phi) is 7.27. The van der Waals surface area contributed by atoms with Crippen LogP contribution in [0.3, 0.4) is 0 Å². The topological polar surface area (TPSA) is 87.7 Å². The highest BCUT2D eigenvalue weighted by Crippen LogP contribution is 2.27. The van der Waals surface area contributed by atoms with Gasteiger partial charge in [-0.05, 0) is 68.0 Å². The van der Waals surface area contributed by atoms with E-state index in [9.17, 15) is 14.4 Å². The molecular formula is C26H31N3O4. The maximum absolute atomic E-state index is 12.6. The van der Waals surface area contributed by atoms with Crippen LogP contribution in [-0.2, 0) is 16.0 Å². The number of fused-ring (bicyclic) bond motifs is 1. The monoisotopic (exact) mass is 449 g/mol. The van der Waals surface area contributed by atoms with E-state index >= 15 is 0 Å². The number of aryl methyl sites for hydroxylation is 2. The predicted molar refractivity (Wildman–Crippen MR) is 126 cm³/mol. The Hall–Kier alpha value is -3.35. The molecule has 1 fully saturated rings. The second-order valence-electron chi connectivity index (χ2n) is 8.76. The van der Waals surface area contributed by atoms with Crippen LogP contribution in [0.15, 0.2) is 42.5 Å². The van der Waals surface area contributed by atoms with E-state index in [1.807, 2.05) is 54.3 Å². The number of piperidine rings is 1. The minimum Gasteiger partial charge on any atom is -0.494 e. The van der Waals surface area contributed by atoms with Gasteiger partial charge in [0.2, 0.25) is 11.8 Å². The number of benzene rings is 2. The third kappa shape index (κ3) is 5.92. The molecule has 7 nitrogen and oxygen atoms in total. The fraction of sp³-hybridized carbons (Fsp3) is 0.423. The zero-order valence-corrected chi connectivity index (χ0v) is 19.1. The molecule has 2 heterocycles. The molecule has 0 bridgehead atoms. The van der Waals surface area contributed by atoms with Gasteiger partial charge in [-0.25, -0.2) is 0 Å². The molecular weight excluding hydrogens is 418 g/mol. The molecule has 1 saturated heterocycles. The average Bonchev–Trinajstić information content (AvgIpc) is 2.82. The molecule has 0 spiro atoms. The molecule has 2 aliphatic heterocycles. The molecule has 4 rings (SSSR count). The van der Waals surface area contributed by atoms with Crippen LogP contribution in [0, 0.1) is 6.92 Å². The Morgan fingerprint density at radius 3 is 2.70 bits per heavy atom. The quantitative estimate of drug-likeness (QED) is 0.634. The summed E-state index contributed by atoms with van der Waals surface area (Å²) in [5.74, 6) is 0.907. The van der Waals surface area contributed by atoms with Gasteiger partial charge in [-0.15, -0.1) is 0 Å². The summed E-state index contributed by atoms with van der Waals surface area (Å²) in [6.45, 7) is 3.73. The second-order valence-corrected chi connectivity index (χ2v) is 8.76. The summed E-state index contributed by atoms with van der Waals surface area (Å²) in [6.07, 6.45) is 3.85. The molecule has 0 unspecified atom stereocenters. The van der Waals surface area contributed by atoms with E-state index in [1.165, 1.54) is 0 Å². The molecule has 0 radical (unpaired) electrons. The summed E-state index contributed by atoms with van der Waals surface area (Å²) in [5.41, 5.74) is 3.61. The van der Waals surface area contributed by atoms with Crippen molar-refractivity contribution < 1.29 is 19.1 Å². The molecule has 0 aromatic heterocycles. The Bertz CT molecular complexity index is 1030. The van der Waals surface area contributed by atoms with Crippen LogP contribution in [0.5, 0.6) is 5.75 Å². The molecule has 174 valence electrons. The smallest absolute Gasteiger partial charge is 0.251 e. The number of rotatable bonds is 7. The SMILES string of the molecule is Cc1ccccc1C(=O)NC1CCN(C(=O)CCCOc2ccc3c(c2)CCC(=O)N3)CC1. The van der Waals surface area contributed by atoms with E-state index in [0.717, 1.165) is 41.8 Å². The number of anilines is 1. The first kappa shape index (κ1) is 22.8. The number of hydrogen-bond acceptors (Lipinski definition) is 4. The van der Waals surface area contributed by atoms with Gasteiger partial charge in [0.15, 0.2) is 0 Å². The zero-order valence-electron chi connectivity index (χ0n) is 19.1. The molecule has 3 amide bonds. The maximum atomic E-state index is 12.6. The normalized spacial score (nSPS) is 16.0. The van der Waals surface area contributed by atoms with Gasteiger partial charge >= 0.3 is 0 Å². The summed E-state index contributed by atoms with van der Waals surface area (Å²) < 4.78 is 5.82. The maximum Gasteiger partial charge on any atom is 0.251 e. The van der Waals surface area contributed by atoms with E-state index < -0.39 is 0 Å². The van der Waals surface area contributed by atoms with Crippen molar-refractivity contribution in [3.05, 3.63) is 59.2 Å². The number of hydrogen-bond donors (Lipinski definition) is 2. The van der Waals surface area contributed by atoms with Crippen LogP contribution < -0.4 is 15.4 Å². The molecule has 33 heavy (non-hydrogen) atoms. The molecule has 2 aliphatic rings. The van der Waals surface area contributed by atoms with Crippen molar-refractivity contribution in [1.29, 1.82) is 0 Å². The molecule has 0 atom stereocenters. The molecule has 0 aliphatic carbocycles. The van der Waals surface area contributed by atoms with Gasteiger partial charge in [0.1, 0.15) is 5.75 Å². The summed E-state index contributed by atoms with van der Waals surface area (Å²) in [7, 11) is 0. The van der Waals surface area contributed by atoms with Crippen molar-refractivity contribution in [2.45, 2.75) is 51.5 Å². The number of nitrogens with zero attached hydrogens (tertiary/aromatic N) is 1. The number of carbonyl (C=O) groups is 3. The number of likely N-dealkylation sites (tertiary alicyclic amines) is 1. The van der Waals surface area contributed by atoms with E-state index in [2.05, 4.69) is 10.6 Å². The van der Waals surface area contributed by atoms with Crippen LogP contribution in [0.4, 0.5) is 5.69 Å². The van der Waals surface area contributed by atoms with Gasteiger partial charge in [0.25, 0.3) is 5.91 Å². The van der Waals surface area contributed by atoms with Gasteiger partial charge in [-0.1, -0.05) is 18.2 Å². The Morgan fingerprint density at radius 1 is 1.12 bits per heavy atom. The van der Waals surface area contributed by atoms with Gasteiger partial charge in [0, 0.05) is 43.2 Å². The van der Waals surface area contributed by atoms with Crippen molar-refractivity contribution in [3.8, 4) is 5.75 Å². The highest BCUT2D eigenvalue weighted by atomic mass is 16.5. The van der Waals surface area contributed by atoms with E-state index in [1.54, 1.807) is 0 Å². The lowest BCUT2D eigenvalue weighted by molar-refractivity contribution is -0.132. The van der Waals surface area contributed by atoms with Gasteiger partial charge in [-0.2, -0.15) is 0 Å². The lowest BCUT2D eigenvalue weighted by Crippen LogP contribution is -2.46. The summed E-state index contributed by atoms with van der Waals surface area (Å²) >= 11 is 0. The van der Waals surface area contributed by atoms with E-state index in [0.29, 0.717) is 44.5 Å². The molecule has 2 aromatic rings. The van der Waals surface area contributed by atoms with Crippen molar-refractivity contribution in [2.24, 2.45) is 0 Å². The first-order valence-electron chi connectivity index (χ1n) is 11.7. The lowest BCUT2D eigenvalue weighted by Gasteiger charge is -2.32.